The van der Waals surface area contributed by atoms with Gasteiger partial charge in [0.15, 0.2) is 11.5 Å². The molecule has 2 aliphatic rings. The van der Waals surface area contributed by atoms with E-state index in [9.17, 15) is 5.11 Å². The van der Waals surface area contributed by atoms with E-state index in [0.29, 0.717) is 18.2 Å². The maximum atomic E-state index is 9.99. The van der Waals surface area contributed by atoms with E-state index < -0.39 is 0 Å². The molecule has 21 heavy (non-hydrogen) atoms. The summed E-state index contributed by atoms with van der Waals surface area (Å²) >= 11 is 0. The fourth-order valence-corrected chi connectivity index (χ4v) is 3.04. The summed E-state index contributed by atoms with van der Waals surface area (Å²) < 4.78 is 10.6. The van der Waals surface area contributed by atoms with Crippen molar-refractivity contribution >= 4 is 0 Å². The standard InChI is InChI=1S/C16H24N2O3/c1-12(10-18-4-2-3-5-18)8-17-9-13-6-15-16(7-14(13)19)21-11-20-15/h6-7,12,17,19H,2-5,8-11H2,1H3. The van der Waals surface area contributed by atoms with Crippen LogP contribution in [-0.2, 0) is 6.54 Å². The highest BCUT2D eigenvalue weighted by Crippen LogP contribution is 2.37. The number of nitrogens with zero attached hydrogens (tertiary/aromatic N) is 1. The number of aromatic hydroxyl groups is 1. The number of likely N-dealkylation sites (tertiary alicyclic amines) is 1. The Labute approximate surface area is 125 Å². The van der Waals surface area contributed by atoms with Crippen LogP contribution in [0.3, 0.4) is 0 Å². The highest BCUT2D eigenvalue weighted by Gasteiger charge is 2.17. The smallest absolute Gasteiger partial charge is 0.231 e. The maximum Gasteiger partial charge on any atom is 0.231 e. The minimum atomic E-state index is 0.235. The molecule has 5 nitrogen and oxygen atoms in total. The van der Waals surface area contributed by atoms with E-state index in [1.165, 1.54) is 25.9 Å². The molecular weight excluding hydrogens is 268 g/mol. The second kappa shape index (κ2) is 6.54. The van der Waals surface area contributed by atoms with E-state index in [2.05, 4.69) is 17.1 Å². The molecule has 5 heteroatoms. The monoisotopic (exact) mass is 292 g/mol. The summed E-state index contributed by atoms with van der Waals surface area (Å²) in [6.45, 7) is 7.74. The average Bonchev–Trinajstić information content (AvgIpc) is 3.10. The van der Waals surface area contributed by atoms with Gasteiger partial charge in [0.25, 0.3) is 0 Å². The molecule has 116 valence electrons. The lowest BCUT2D eigenvalue weighted by Crippen LogP contribution is -2.31. The van der Waals surface area contributed by atoms with E-state index in [1.54, 1.807) is 6.07 Å². The van der Waals surface area contributed by atoms with Crippen molar-refractivity contribution in [3.8, 4) is 17.2 Å². The van der Waals surface area contributed by atoms with Crippen molar-refractivity contribution in [1.29, 1.82) is 0 Å². The van der Waals surface area contributed by atoms with Crippen molar-refractivity contribution < 1.29 is 14.6 Å². The minimum absolute atomic E-state index is 0.235. The predicted molar refractivity (Wildman–Crippen MR) is 80.8 cm³/mol. The van der Waals surface area contributed by atoms with Crippen LogP contribution in [0, 0.1) is 5.92 Å². The molecule has 1 fully saturated rings. The summed E-state index contributed by atoms with van der Waals surface area (Å²) in [7, 11) is 0. The van der Waals surface area contributed by atoms with Crippen LogP contribution >= 0.6 is 0 Å². The van der Waals surface area contributed by atoms with Gasteiger partial charge >= 0.3 is 0 Å². The summed E-state index contributed by atoms with van der Waals surface area (Å²) in [4.78, 5) is 2.53. The summed E-state index contributed by atoms with van der Waals surface area (Å²) in [5.41, 5.74) is 0.854. The quantitative estimate of drug-likeness (QED) is 0.839. The number of phenols is 1. The summed E-state index contributed by atoms with van der Waals surface area (Å²) in [6.07, 6.45) is 2.68. The van der Waals surface area contributed by atoms with Gasteiger partial charge in [-0.15, -0.1) is 0 Å². The Morgan fingerprint density at radius 1 is 1.24 bits per heavy atom. The Morgan fingerprint density at radius 2 is 1.95 bits per heavy atom. The van der Waals surface area contributed by atoms with Crippen LogP contribution in [0.25, 0.3) is 0 Å². The molecule has 2 N–H and O–H groups in total. The zero-order chi connectivity index (χ0) is 14.7. The second-order valence-electron chi connectivity index (χ2n) is 6.08. The van der Waals surface area contributed by atoms with Gasteiger partial charge in [-0.05, 0) is 44.5 Å². The van der Waals surface area contributed by atoms with Crippen LogP contribution in [0.1, 0.15) is 25.3 Å². The van der Waals surface area contributed by atoms with Crippen LogP contribution in [-0.4, -0.2) is 43.0 Å². The average molecular weight is 292 g/mol. The Balaban J connectivity index is 1.46. The van der Waals surface area contributed by atoms with Crippen molar-refractivity contribution in [3.05, 3.63) is 17.7 Å². The van der Waals surface area contributed by atoms with Gasteiger partial charge in [-0.1, -0.05) is 6.92 Å². The molecular formula is C16H24N2O3. The van der Waals surface area contributed by atoms with Gasteiger partial charge in [0.2, 0.25) is 6.79 Å². The lowest BCUT2D eigenvalue weighted by molar-refractivity contribution is 0.174. The first-order valence-electron chi connectivity index (χ1n) is 7.77. The van der Waals surface area contributed by atoms with Crippen LogP contribution in [0.15, 0.2) is 12.1 Å². The third-order valence-electron chi connectivity index (χ3n) is 4.15. The molecule has 0 saturated carbocycles. The van der Waals surface area contributed by atoms with Crippen molar-refractivity contribution in [2.45, 2.75) is 26.3 Å². The third kappa shape index (κ3) is 3.60. The molecule has 0 radical (unpaired) electrons. The summed E-state index contributed by atoms with van der Waals surface area (Å²) in [5, 5.41) is 13.4. The Kier molecular flexibility index (Phi) is 4.51. The van der Waals surface area contributed by atoms with Gasteiger partial charge in [0, 0.05) is 24.7 Å². The first kappa shape index (κ1) is 14.5. The molecule has 0 aliphatic carbocycles. The summed E-state index contributed by atoms with van der Waals surface area (Å²) in [6, 6.07) is 3.49. The fraction of sp³-hybridized carbons (Fsp3) is 0.625. The van der Waals surface area contributed by atoms with Crippen molar-refractivity contribution in [1.82, 2.24) is 10.2 Å². The second-order valence-corrected chi connectivity index (χ2v) is 6.08. The number of phenolic OH excluding ortho intramolecular Hbond substituents is 1. The topological polar surface area (TPSA) is 54.0 Å². The Bertz CT molecular complexity index is 487. The van der Waals surface area contributed by atoms with Gasteiger partial charge < -0.3 is 24.8 Å². The van der Waals surface area contributed by atoms with Crippen LogP contribution in [0.4, 0.5) is 0 Å². The molecule has 1 aromatic carbocycles. The Morgan fingerprint density at radius 3 is 2.71 bits per heavy atom. The third-order valence-corrected chi connectivity index (χ3v) is 4.15. The number of rotatable bonds is 6. The molecule has 0 bridgehead atoms. The first-order valence-corrected chi connectivity index (χ1v) is 7.77. The van der Waals surface area contributed by atoms with E-state index in [1.807, 2.05) is 6.07 Å². The molecule has 0 spiro atoms. The Hall–Kier alpha value is -1.46. The molecule has 1 unspecified atom stereocenters. The minimum Gasteiger partial charge on any atom is -0.507 e. The number of hydrogen-bond donors (Lipinski definition) is 2. The molecule has 0 aromatic heterocycles. The molecule has 2 heterocycles. The zero-order valence-corrected chi connectivity index (χ0v) is 12.6. The maximum absolute atomic E-state index is 9.99. The van der Waals surface area contributed by atoms with Crippen molar-refractivity contribution in [3.63, 3.8) is 0 Å². The number of ether oxygens (including phenoxy) is 2. The van der Waals surface area contributed by atoms with Gasteiger partial charge in [0.05, 0.1) is 0 Å². The first-order chi connectivity index (χ1) is 10.2. The van der Waals surface area contributed by atoms with E-state index in [4.69, 9.17) is 9.47 Å². The van der Waals surface area contributed by atoms with Crippen molar-refractivity contribution in [2.75, 3.05) is 33.0 Å². The number of benzene rings is 1. The van der Waals surface area contributed by atoms with E-state index in [0.717, 1.165) is 24.4 Å². The predicted octanol–water partition coefficient (Wildman–Crippen LogP) is 1.94. The van der Waals surface area contributed by atoms with Gasteiger partial charge in [-0.25, -0.2) is 0 Å². The molecule has 1 saturated heterocycles. The van der Waals surface area contributed by atoms with Gasteiger partial charge in [0.1, 0.15) is 5.75 Å². The molecule has 1 atom stereocenters. The van der Waals surface area contributed by atoms with Crippen molar-refractivity contribution in [2.24, 2.45) is 5.92 Å². The normalized spacial score (nSPS) is 19.1. The van der Waals surface area contributed by atoms with Gasteiger partial charge in [-0.3, -0.25) is 0 Å². The van der Waals surface area contributed by atoms with E-state index >= 15 is 0 Å². The fourth-order valence-electron chi connectivity index (χ4n) is 3.04. The van der Waals surface area contributed by atoms with Crippen LogP contribution in [0.5, 0.6) is 17.2 Å². The largest absolute Gasteiger partial charge is 0.507 e. The summed E-state index contributed by atoms with van der Waals surface area (Å²) in [5.74, 6) is 2.21. The number of hydrogen-bond acceptors (Lipinski definition) is 5. The zero-order valence-electron chi connectivity index (χ0n) is 12.6. The molecule has 1 aromatic rings. The van der Waals surface area contributed by atoms with E-state index in [-0.39, 0.29) is 12.5 Å². The molecule has 2 aliphatic heterocycles. The van der Waals surface area contributed by atoms with Crippen LogP contribution in [0.2, 0.25) is 0 Å². The number of fused-ring (bicyclic) bond motifs is 1. The molecule has 0 amide bonds. The van der Waals surface area contributed by atoms with Crippen LogP contribution < -0.4 is 14.8 Å². The van der Waals surface area contributed by atoms with Gasteiger partial charge in [-0.2, -0.15) is 0 Å². The lowest BCUT2D eigenvalue weighted by Gasteiger charge is -2.20. The molecule has 3 rings (SSSR count). The highest BCUT2D eigenvalue weighted by molar-refractivity contribution is 5.51. The SMILES string of the molecule is CC(CNCc1cc2c(cc1O)OCO2)CN1CCCC1. The highest BCUT2D eigenvalue weighted by atomic mass is 16.7. The number of nitrogens with one attached hydrogen (secondary N) is 1. The lowest BCUT2D eigenvalue weighted by atomic mass is 10.1.